The maximum atomic E-state index is 6.10. The number of hydrogen-bond donors (Lipinski definition) is 1. The fraction of sp³-hybridized carbons (Fsp3) is 0.375. The highest BCUT2D eigenvalue weighted by atomic mass is 32.2. The Hall–Kier alpha value is -1.59. The van der Waals surface area contributed by atoms with Crippen molar-refractivity contribution in [3.63, 3.8) is 0 Å². The SMILES string of the molecule is Cc1nc(C2CSc3ccccc3O2)nc2c1CNCC2. The van der Waals surface area contributed by atoms with Crippen LogP contribution < -0.4 is 10.1 Å². The summed E-state index contributed by atoms with van der Waals surface area (Å²) < 4.78 is 6.10. The van der Waals surface area contributed by atoms with Gasteiger partial charge in [-0.15, -0.1) is 11.8 Å². The molecule has 0 bridgehead atoms. The number of rotatable bonds is 1. The molecular formula is C16H17N3OS. The van der Waals surface area contributed by atoms with Crippen LogP contribution in [0.5, 0.6) is 5.75 Å². The molecule has 0 saturated carbocycles. The van der Waals surface area contributed by atoms with E-state index in [9.17, 15) is 0 Å². The molecular weight excluding hydrogens is 282 g/mol. The van der Waals surface area contributed by atoms with Gasteiger partial charge in [-0.25, -0.2) is 9.97 Å². The number of aryl methyl sites for hydroxylation is 1. The van der Waals surface area contributed by atoms with Crippen LogP contribution in [0.4, 0.5) is 0 Å². The highest BCUT2D eigenvalue weighted by molar-refractivity contribution is 7.99. The fourth-order valence-corrected chi connectivity index (χ4v) is 3.81. The Balaban J connectivity index is 1.67. The zero-order valence-electron chi connectivity index (χ0n) is 11.9. The van der Waals surface area contributed by atoms with E-state index in [1.807, 2.05) is 30.0 Å². The smallest absolute Gasteiger partial charge is 0.170 e. The van der Waals surface area contributed by atoms with E-state index in [4.69, 9.17) is 14.7 Å². The molecule has 0 fully saturated rings. The number of benzene rings is 1. The molecule has 0 radical (unpaired) electrons. The molecule has 4 nitrogen and oxygen atoms in total. The fourth-order valence-electron chi connectivity index (χ4n) is 2.83. The van der Waals surface area contributed by atoms with Gasteiger partial charge in [-0.1, -0.05) is 12.1 Å². The normalized spacial score (nSPS) is 20.3. The molecule has 2 aliphatic heterocycles. The highest BCUT2D eigenvalue weighted by Crippen LogP contribution is 2.39. The third-order valence-electron chi connectivity index (χ3n) is 3.95. The molecule has 2 aromatic rings. The second-order valence-corrected chi connectivity index (χ2v) is 6.45. The zero-order chi connectivity index (χ0) is 14.2. The summed E-state index contributed by atoms with van der Waals surface area (Å²) in [7, 11) is 0. The first-order valence-electron chi connectivity index (χ1n) is 7.27. The summed E-state index contributed by atoms with van der Waals surface area (Å²) in [6.45, 7) is 3.94. The van der Waals surface area contributed by atoms with E-state index in [0.29, 0.717) is 0 Å². The van der Waals surface area contributed by atoms with Gasteiger partial charge in [0, 0.05) is 41.4 Å². The van der Waals surface area contributed by atoms with Crippen molar-refractivity contribution in [2.45, 2.75) is 30.9 Å². The average Bonchev–Trinajstić information content (AvgIpc) is 2.54. The number of nitrogens with one attached hydrogen (secondary N) is 1. The number of nitrogens with zero attached hydrogens (tertiary/aromatic N) is 2. The van der Waals surface area contributed by atoms with Crippen LogP contribution in [-0.2, 0) is 13.0 Å². The lowest BCUT2D eigenvalue weighted by atomic mass is 10.1. The molecule has 0 amide bonds. The molecule has 1 aromatic carbocycles. The molecule has 0 spiro atoms. The zero-order valence-corrected chi connectivity index (χ0v) is 12.7. The maximum absolute atomic E-state index is 6.10. The molecule has 5 heteroatoms. The van der Waals surface area contributed by atoms with Gasteiger partial charge in [0.25, 0.3) is 0 Å². The first-order chi connectivity index (χ1) is 10.3. The number of fused-ring (bicyclic) bond motifs is 2. The number of para-hydroxylation sites is 1. The number of hydrogen-bond acceptors (Lipinski definition) is 5. The third kappa shape index (κ3) is 2.40. The summed E-state index contributed by atoms with van der Waals surface area (Å²) in [6, 6.07) is 8.17. The second-order valence-electron chi connectivity index (χ2n) is 5.38. The van der Waals surface area contributed by atoms with Gasteiger partial charge in [-0.05, 0) is 19.1 Å². The lowest BCUT2D eigenvalue weighted by Crippen LogP contribution is -2.28. The Morgan fingerprint density at radius 2 is 2.19 bits per heavy atom. The predicted molar refractivity (Wildman–Crippen MR) is 82.7 cm³/mol. The van der Waals surface area contributed by atoms with Gasteiger partial charge >= 0.3 is 0 Å². The van der Waals surface area contributed by atoms with Gasteiger partial charge < -0.3 is 10.1 Å². The molecule has 1 atom stereocenters. The predicted octanol–water partition coefficient (Wildman–Crippen LogP) is 2.66. The Morgan fingerprint density at radius 3 is 3.14 bits per heavy atom. The molecule has 4 rings (SSSR count). The van der Waals surface area contributed by atoms with E-state index in [0.717, 1.165) is 42.5 Å². The second kappa shape index (κ2) is 5.31. The van der Waals surface area contributed by atoms with E-state index in [1.54, 1.807) is 0 Å². The first-order valence-corrected chi connectivity index (χ1v) is 8.25. The number of aromatic nitrogens is 2. The molecule has 0 aliphatic carbocycles. The van der Waals surface area contributed by atoms with E-state index in [2.05, 4.69) is 18.3 Å². The first kappa shape index (κ1) is 13.1. The lowest BCUT2D eigenvalue weighted by molar-refractivity contribution is 0.209. The van der Waals surface area contributed by atoms with Crippen LogP contribution in [0.2, 0.25) is 0 Å². The van der Waals surface area contributed by atoms with Crippen molar-refractivity contribution in [3.8, 4) is 5.75 Å². The van der Waals surface area contributed by atoms with E-state index < -0.39 is 0 Å². The Morgan fingerprint density at radius 1 is 1.29 bits per heavy atom. The van der Waals surface area contributed by atoms with E-state index in [1.165, 1.54) is 16.2 Å². The van der Waals surface area contributed by atoms with Crippen molar-refractivity contribution in [1.82, 2.24) is 15.3 Å². The quantitative estimate of drug-likeness (QED) is 0.877. The molecule has 108 valence electrons. The van der Waals surface area contributed by atoms with Gasteiger partial charge in [0.15, 0.2) is 11.9 Å². The Bertz CT molecular complexity index is 689. The van der Waals surface area contributed by atoms with Gasteiger partial charge in [0.05, 0.1) is 5.69 Å². The Kier molecular flexibility index (Phi) is 3.31. The van der Waals surface area contributed by atoms with Crippen LogP contribution in [0.25, 0.3) is 0 Å². The summed E-state index contributed by atoms with van der Waals surface area (Å²) >= 11 is 1.82. The summed E-state index contributed by atoms with van der Waals surface area (Å²) in [5.41, 5.74) is 3.52. The van der Waals surface area contributed by atoms with Crippen LogP contribution in [0, 0.1) is 6.92 Å². The van der Waals surface area contributed by atoms with Gasteiger partial charge in [-0.3, -0.25) is 0 Å². The minimum Gasteiger partial charge on any atom is -0.480 e. The molecule has 3 heterocycles. The molecule has 1 N–H and O–H groups in total. The standard InChI is InChI=1S/C16H17N3OS/c1-10-11-8-17-7-6-12(11)19-16(18-10)14-9-21-15-5-3-2-4-13(15)20-14/h2-5,14,17H,6-9H2,1H3. The lowest BCUT2D eigenvalue weighted by Gasteiger charge is -2.26. The third-order valence-corrected chi connectivity index (χ3v) is 5.07. The van der Waals surface area contributed by atoms with Crippen molar-refractivity contribution >= 4 is 11.8 Å². The van der Waals surface area contributed by atoms with Crippen LogP contribution in [0.15, 0.2) is 29.2 Å². The topological polar surface area (TPSA) is 47.0 Å². The summed E-state index contributed by atoms with van der Waals surface area (Å²) in [4.78, 5) is 10.7. The van der Waals surface area contributed by atoms with Gasteiger partial charge in [-0.2, -0.15) is 0 Å². The van der Waals surface area contributed by atoms with Crippen molar-refractivity contribution in [1.29, 1.82) is 0 Å². The summed E-state index contributed by atoms with van der Waals surface area (Å²) in [5.74, 6) is 2.64. The van der Waals surface area contributed by atoms with Crippen molar-refractivity contribution in [2.75, 3.05) is 12.3 Å². The summed E-state index contributed by atoms with van der Waals surface area (Å²) in [5, 5.41) is 3.38. The van der Waals surface area contributed by atoms with Crippen LogP contribution in [0.1, 0.15) is 28.9 Å². The number of ether oxygens (including phenoxy) is 1. The Labute approximate surface area is 128 Å². The minimum absolute atomic E-state index is 0.0521. The monoisotopic (exact) mass is 299 g/mol. The molecule has 0 saturated heterocycles. The van der Waals surface area contributed by atoms with Crippen LogP contribution >= 0.6 is 11.8 Å². The van der Waals surface area contributed by atoms with Gasteiger partial charge in [0.1, 0.15) is 5.75 Å². The van der Waals surface area contributed by atoms with E-state index >= 15 is 0 Å². The molecule has 2 aliphatic rings. The van der Waals surface area contributed by atoms with Gasteiger partial charge in [0.2, 0.25) is 0 Å². The minimum atomic E-state index is -0.0521. The maximum Gasteiger partial charge on any atom is 0.170 e. The summed E-state index contributed by atoms with van der Waals surface area (Å²) in [6.07, 6.45) is 0.922. The van der Waals surface area contributed by atoms with Crippen LogP contribution in [-0.4, -0.2) is 22.3 Å². The van der Waals surface area contributed by atoms with Crippen LogP contribution in [0.3, 0.4) is 0 Å². The molecule has 21 heavy (non-hydrogen) atoms. The average molecular weight is 299 g/mol. The van der Waals surface area contributed by atoms with Crippen molar-refractivity contribution in [3.05, 3.63) is 47.0 Å². The number of thioether (sulfide) groups is 1. The largest absolute Gasteiger partial charge is 0.480 e. The highest BCUT2D eigenvalue weighted by Gasteiger charge is 2.26. The van der Waals surface area contributed by atoms with Crippen molar-refractivity contribution in [2.24, 2.45) is 0 Å². The molecule has 1 aromatic heterocycles. The molecule has 1 unspecified atom stereocenters. The van der Waals surface area contributed by atoms with Crippen molar-refractivity contribution < 1.29 is 4.74 Å². The van der Waals surface area contributed by atoms with E-state index in [-0.39, 0.29) is 6.10 Å².